The molecule has 140 valence electrons. The SMILES string of the molecule is CC(=O)c1ccc(OCC(=O)N(C)CCCc2nc3ccccc3[nH]2)cc1. The van der Waals surface area contributed by atoms with Crippen LogP contribution >= 0.6 is 0 Å². The number of nitrogens with zero attached hydrogens (tertiary/aromatic N) is 2. The average molecular weight is 365 g/mol. The predicted molar refractivity (Wildman–Crippen MR) is 104 cm³/mol. The number of rotatable bonds is 8. The summed E-state index contributed by atoms with van der Waals surface area (Å²) in [5.74, 6) is 1.42. The van der Waals surface area contributed by atoms with E-state index in [0.717, 1.165) is 29.7 Å². The van der Waals surface area contributed by atoms with Crippen molar-refractivity contribution in [3.8, 4) is 5.75 Å². The molecule has 1 aromatic heterocycles. The van der Waals surface area contributed by atoms with E-state index in [4.69, 9.17) is 4.74 Å². The molecular formula is C21H23N3O3. The number of aryl methyl sites for hydroxylation is 1. The van der Waals surface area contributed by atoms with Crippen LogP contribution in [0, 0.1) is 0 Å². The van der Waals surface area contributed by atoms with Crippen LogP contribution in [0.4, 0.5) is 0 Å². The quantitative estimate of drug-likeness (QED) is 0.622. The monoisotopic (exact) mass is 365 g/mol. The van der Waals surface area contributed by atoms with Gasteiger partial charge in [-0.15, -0.1) is 0 Å². The highest BCUT2D eigenvalue weighted by atomic mass is 16.5. The fourth-order valence-electron chi connectivity index (χ4n) is 2.77. The first-order valence-corrected chi connectivity index (χ1v) is 8.94. The Bertz CT molecular complexity index is 898. The number of likely N-dealkylation sites (N-methyl/N-ethyl adjacent to an activating group) is 1. The van der Waals surface area contributed by atoms with Crippen LogP contribution in [0.15, 0.2) is 48.5 Å². The van der Waals surface area contributed by atoms with Gasteiger partial charge >= 0.3 is 0 Å². The molecule has 2 aromatic carbocycles. The minimum absolute atomic E-state index is 0.00168. The number of benzene rings is 2. The van der Waals surface area contributed by atoms with Crippen LogP contribution in [-0.2, 0) is 11.2 Å². The number of H-pyrrole nitrogens is 1. The Morgan fingerprint density at radius 1 is 1.11 bits per heavy atom. The largest absolute Gasteiger partial charge is 0.484 e. The Kier molecular flexibility index (Phi) is 5.86. The van der Waals surface area contributed by atoms with Crippen molar-refractivity contribution < 1.29 is 14.3 Å². The summed E-state index contributed by atoms with van der Waals surface area (Å²) in [6.07, 6.45) is 1.59. The first-order valence-electron chi connectivity index (χ1n) is 8.94. The third-order valence-electron chi connectivity index (χ3n) is 4.39. The number of fused-ring (bicyclic) bond motifs is 1. The van der Waals surface area contributed by atoms with Crippen LogP contribution in [0.25, 0.3) is 11.0 Å². The Morgan fingerprint density at radius 3 is 2.56 bits per heavy atom. The van der Waals surface area contributed by atoms with Gasteiger partial charge in [-0.05, 0) is 49.7 Å². The molecule has 3 rings (SSSR count). The lowest BCUT2D eigenvalue weighted by atomic mass is 10.1. The van der Waals surface area contributed by atoms with Crippen molar-refractivity contribution in [3.63, 3.8) is 0 Å². The minimum atomic E-state index is -0.0877. The fourth-order valence-corrected chi connectivity index (χ4v) is 2.77. The summed E-state index contributed by atoms with van der Waals surface area (Å²) < 4.78 is 5.51. The van der Waals surface area contributed by atoms with E-state index >= 15 is 0 Å². The normalized spacial score (nSPS) is 10.7. The molecule has 0 atom stereocenters. The van der Waals surface area contributed by atoms with Crippen molar-refractivity contribution in [2.45, 2.75) is 19.8 Å². The molecule has 0 saturated carbocycles. The van der Waals surface area contributed by atoms with Crippen molar-refractivity contribution in [1.29, 1.82) is 0 Å². The maximum Gasteiger partial charge on any atom is 0.260 e. The number of amides is 1. The zero-order chi connectivity index (χ0) is 19.2. The smallest absolute Gasteiger partial charge is 0.260 e. The summed E-state index contributed by atoms with van der Waals surface area (Å²) in [5, 5.41) is 0. The summed E-state index contributed by atoms with van der Waals surface area (Å²) in [7, 11) is 1.77. The van der Waals surface area contributed by atoms with E-state index in [1.165, 1.54) is 6.92 Å². The zero-order valence-electron chi connectivity index (χ0n) is 15.6. The lowest BCUT2D eigenvalue weighted by Crippen LogP contribution is -2.32. The summed E-state index contributed by atoms with van der Waals surface area (Å²) in [5.41, 5.74) is 2.61. The number of imidazole rings is 1. The number of ether oxygens (including phenoxy) is 1. The molecule has 0 aliphatic heterocycles. The number of carbonyl (C=O) groups is 2. The highest BCUT2D eigenvalue weighted by molar-refractivity contribution is 5.94. The Balaban J connectivity index is 1.42. The van der Waals surface area contributed by atoms with E-state index in [0.29, 0.717) is 17.9 Å². The maximum absolute atomic E-state index is 12.2. The van der Waals surface area contributed by atoms with Gasteiger partial charge in [0.2, 0.25) is 0 Å². The minimum Gasteiger partial charge on any atom is -0.484 e. The Labute approximate surface area is 158 Å². The second kappa shape index (κ2) is 8.49. The molecule has 0 unspecified atom stereocenters. The molecular weight excluding hydrogens is 342 g/mol. The molecule has 1 N–H and O–H groups in total. The van der Waals surface area contributed by atoms with E-state index in [1.807, 2.05) is 24.3 Å². The molecule has 3 aromatic rings. The van der Waals surface area contributed by atoms with Gasteiger partial charge in [-0.1, -0.05) is 12.1 Å². The van der Waals surface area contributed by atoms with Crippen molar-refractivity contribution in [2.24, 2.45) is 0 Å². The van der Waals surface area contributed by atoms with Crippen LogP contribution in [0.1, 0.15) is 29.5 Å². The Hall–Kier alpha value is -3.15. The molecule has 0 fully saturated rings. The number of aromatic amines is 1. The van der Waals surface area contributed by atoms with E-state index < -0.39 is 0 Å². The third kappa shape index (κ3) is 4.94. The van der Waals surface area contributed by atoms with Crippen molar-refractivity contribution in [1.82, 2.24) is 14.9 Å². The van der Waals surface area contributed by atoms with Crippen molar-refractivity contribution in [2.75, 3.05) is 20.2 Å². The molecule has 1 amide bonds. The molecule has 0 aliphatic carbocycles. The number of nitrogens with one attached hydrogen (secondary N) is 1. The topological polar surface area (TPSA) is 75.3 Å². The zero-order valence-corrected chi connectivity index (χ0v) is 15.6. The van der Waals surface area contributed by atoms with E-state index in [-0.39, 0.29) is 18.3 Å². The molecule has 0 saturated heterocycles. The molecule has 27 heavy (non-hydrogen) atoms. The van der Waals surface area contributed by atoms with Crippen LogP contribution in [0.2, 0.25) is 0 Å². The van der Waals surface area contributed by atoms with Gasteiger partial charge in [-0.3, -0.25) is 9.59 Å². The first kappa shape index (κ1) is 18.6. The lowest BCUT2D eigenvalue weighted by Gasteiger charge is -2.17. The molecule has 0 spiro atoms. The molecule has 0 bridgehead atoms. The van der Waals surface area contributed by atoms with Gasteiger partial charge in [-0.2, -0.15) is 0 Å². The summed E-state index contributed by atoms with van der Waals surface area (Å²) in [6.45, 7) is 2.11. The molecule has 0 radical (unpaired) electrons. The molecule has 6 nitrogen and oxygen atoms in total. The van der Waals surface area contributed by atoms with Gasteiger partial charge in [0.05, 0.1) is 11.0 Å². The van der Waals surface area contributed by atoms with E-state index in [2.05, 4.69) is 9.97 Å². The first-order chi connectivity index (χ1) is 13.0. The van der Waals surface area contributed by atoms with Gasteiger partial charge in [0.25, 0.3) is 5.91 Å². The van der Waals surface area contributed by atoms with E-state index in [1.54, 1.807) is 36.2 Å². The summed E-state index contributed by atoms with van der Waals surface area (Å²) in [4.78, 5) is 33.0. The van der Waals surface area contributed by atoms with Gasteiger partial charge in [-0.25, -0.2) is 4.98 Å². The maximum atomic E-state index is 12.2. The average Bonchev–Trinajstić information content (AvgIpc) is 3.09. The summed E-state index contributed by atoms with van der Waals surface area (Å²) >= 11 is 0. The van der Waals surface area contributed by atoms with E-state index in [9.17, 15) is 9.59 Å². The lowest BCUT2D eigenvalue weighted by molar-refractivity contribution is -0.132. The number of hydrogen-bond donors (Lipinski definition) is 1. The number of ketones is 1. The Morgan fingerprint density at radius 2 is 1.85 bits per heavy atom. The van der Waals surface area contributed by atoms with Crippen LogP contribution < -0.4 is 4.74 Å². The second-order valence-electron chi connectivity index (χ2n) is 6.49. The number of para-hydroxylation sites is 2. The molecule has 1 heterocycles. The number of aromatic nitrogens is 2. The van der Waals surface area contributed by atoms with Crippen molar-refractivity contribution in [3.05, 3.63) is 59.9 Å². The highest BCUT2D eigenvalue weighted by Crippen LogP contribution is 2.13. The fraction of sp³-hybridized carbons (Fsp3) is 0.286. The second-order valence-corrected chi connectivity index (χ2v) is 6.49. The molecule has 0 aliphatic rings. The highest BCUT2D eigenvalue weighted by Gasteiger charge is 2.10. The number of Topliss-reactive ketones (excluding diaryl/α,β-unsaturated/α-hetero) is 1. The van der Waals surface area contributed by atoms with Crippen LogP contribution in [0.5, 0.6) is 5.75 Å². The van der Waals surface area contributed by atoms with Gasteiger partial charge in [0, 0.05) is 25.6 Å². The third-order valence-corrected chi connectivity index (χ3v) is 4.39. The molecule has 6 heteroatoms. The van der Waals surface area contributed by atoms with Gasteiger partial charge in [0.15, 0.2) is 12.4 Å². The number of carbonyl (C=O) groups excluding carboxylic acids is 2. The van der Waals surface area contributed by atoms with Crippen molar-refractivity contribution >= 4 is 22.7 Å². The predicted octanol–water partition coefficient (Wildman–Crippen LogP) is 3.24. The summed E-state index contributed by atoms with van der Waals surface area (Å²) in [6, 6.07) is 14.7. The van der Waals surface area contributed by atoms with Gasteiger partial charge < -0.3 is 14.6 Å². The van der Waals surface area contributed by atoms with Gasteiger partial charge in [0.1, 0.15) is 11.6 Å². The van der Waals surface area contributed by atoms with Crippen LogP contribution in [0.3, 0.4) is 0 Å². The standard InChI is InChI=1S/C21H23N3O3/c1-15(25)16-9-11-17(12-10-16)27-14-21(26)24(2)13-5-8-20-22-18-6-3-4-7-19(18)23-20/h3-4,6-7,9-12H,5,8,13-14H2,1-2H3,(H,22,23). The number of hydrogen-bond acceptors (Lipinski definition) is 4. The van der Waals surface area contributed by atoms with Crippen LogP contribution in [-0.4, -0.2) is 46.8 Å².